The van der Waals surface area contributed by atoms with Crippen molar-refractivity contribution in [1.82, 2.24) is 0 Å². The van der Waals surface area contributed by atoms with Crippen molar-refractivity contribution in [3.05, 3.63) is 104 Å². The van der Waals surface area contributed by atoms with E-state index in [2.05, 4.69) is 21.2 Å². The summed E-state index contributed by atoms with van der Waals surface area (Å²) in [6.07, 6.45) is 1.98. The second kappa shape index (κ2) is 9.51. The summed E-state index contributed by atoms with van der Waals surface area (Å²) in [5, 5.41) is 12.2. The molecule has 0 atom stereocenters. The number of carbonyl (C=O) groups is 1. The van der Waals surface area contributed by atoms with Gasteiger partial charge in [-0.05, 0) is 72.0 Å². The predicted octanol–water partition coefficient (Wildman–Crippen LogP) is 6.34. The number of rotatable bonds is 5. The highest BCUT2D eigenvalue weighted by molar-refractivity contribution is 9.10. The Morgan fingerprint density at radius 3 is 2.50 bits per heavy atom. The zero-order valence-electron chi connectivity index (χ0n) is 16.7. The maximum atomic E-state index is 13.9. The molecule has 150 valence electrons. The Morgan fingerprint density at radius 2 is 1.83 bits per heavy atom. The van der Waals surface area contributed by atoms with E-state index in [-0.39, 0.29) is 11.4 Å². The molecule has 0 bridgehead atoms. The third-order valence-electron chi connectivity index (χ3n) is 4.86. The summed E-state index contributed by atoms with van der Waals surface area (Å²) in [5.41, 5.74) is 5.05. The van der Waals surface area contributed by atoms with Crippen molar-refractivity contribution in [1.29, 1.82) is 5.26 Å². The molecule has 0 saturated carbocycles. The predicted molar refractivity (Wildman–Crippen MR) is 121 cm³/mol. The van der Waals surface area contributed by atoms with Gasteiger partial charge in [-0.2, -0.15) is 5.26 Å². The van der Waals surface area contributed by atoms with Crippen LogP contribution in [-0.4, -0.2) is 5.91 Å². The van der Waals surface area contributed by atoms with Gasteiger partial charge in [-0.25, -0.2) is 4.39 Å². The van der Waals surface area contributed by atoms with Crippen LogP contribution in [0.1, 0.15) is 27.8 Å². The number of carbonyl (C=O) groups excluding carboxylic acids is 1. The number of anilines is 1. The fraction of sp³-hybridized carbons (Fsp3) is 0.120. The number of nitrogens with one attached hydrogen (secondary N) is 1. The Kier molecular flexibility index (Phi) is 6.81. The monoisotopic (exact) mass is 462 g/mol. The SMILES string of the molecule is Cc1ccc(NC(=O)/C(C#N)=C/c2ccc(Cc3ccccc3F)c(Br)c2)cc1C. The summed E-state index contributed by atoms with van der Waals surface area (Å²) in [6.45, 7) is 3.96. The van der Waals surface area contributed by atoms with E-state index >= 15 is 0 Å². The number of nitrogens with zero attached hydrogens (tertiary/aromatic N) is 1. The van der Waals surface area contributed by atoms with Crippen molar-refractivity contribution in [2.45, 2.75) is 20.3 Å². The first-order chi connectivity index (χ1) is 14.4. The van der Waals surface area contributed by atoms with E-state index in [0.717, 1.165) is 21.2 Å². The lowest BCUT2D eigenvalue weighted by molar-refractivity contribution is -0.112. The molecule has 0 saturated heterocycles. The van der Waals surface area contributed by atoms with Crippen LogP contribution in [0.15, 0.2) is 70.7 Å². The minimum atomic E-state index is -0.465. The van der Waals surface area contributed by atoms with Gasteiger partial charge in [-0.1, -0.05) is 52.3 Å². The minimum Gasteiger partial charge on any atom is -0.321 e. The van der Waals surface area contributed by atoms with Crippen molar-refractivity contribution in [2.75, 3.05) is 5.32 Å². The highest BCUT2D eigenvalue weighted by Crippen LogP contribution is 2.24. The number of halogens is 2. The van der Waals surface area contributed by atoms with Gasteiger partial charge in [-0.15, -0.1) is 0 Å². The number of benzene rings is 3. The van der Waals surface area contributed by atoms with Gasteiger partial charge in [0.05, 0.1) is 0 Å². The van der Waals surface area contributed by atoms with Gasteiger partial charge < -0.3 is 5.32 Å². The first-order valence-electron chi connectivity index (χ1n) is 9.39. The summed E-state index contributed by atoms with van der Waals surface area (Å²) < 4.78 is 14.7. The minimum absolute atomic E-state index is 0.00184. The normalized spacial score (nSPS) is 11.1. The van der Waals surface area contributed by atoms with Gasteiger partial charge in [0.1, 0.15) is 17.5 Å². The van der Waals surface area contributed by atoms with Crippen LogP contribution in [0, 0.1) is 31.0 Å². The topological polar surface area (TPSA) is 52.9 Å². The molecule has 0 heterocycles. The van der Waals surface area contributed by atoms with Crippen LogP contribution in [0.25, 0.3) is 6.08 Å². The third-order valence-corrected chi connectivity index (χ3v) is 5.59. The Morgan fingerprint density at radius 1 is 1.07 bits per heavy atom. The lowest BCUT2D eigenvalue weighted by atomic mass is 10.0. The van der Waals surface area contributed by atoms with E-state index in [9.17, 15) is 14.4 Å². The van der Waals surface area contributed by atoms with Crippen LogP contribution in [-0.2, 0) is 11.2 Å². The average molecular weight is 463 g/mol. The molecule has 3 rings (SSSR count). The van der Waals surface area contributed by atoms with Crippen LogP contribution in [0.4, 0.5) is 10.1 Å². The quantitative estimate of drug-likeness (QED) is 0.355. The summed E-state index contributed by atoms with van der Waals surface area (Å²) in [4.78, 5) is 12.5. The molecule has 0 aliphatic carbocycles. The molecule has 0 fully saturated rings. The summed E-state index contributed by atoms with van der Waals surface area (Å²) >= 11 is 3.51. The van der Waals surface area contributed by atoms with Gasteiger partial charge in [0.15, 0.2) is 0 Å². The Bertz CT molecular complexity index is 1180. The first-order valence-corrected chi connectivity index (χ1v) is 10.2. The molecule has 0 aliphatic rings. The van der Waals surface area contributed by atoms with Crippen LogP contribution in [0.3, 0.4) is 0 Å². The van der Waals surface area contributed by atoms with Crippen molar-refractivity contribution < 1.29 is 9.18 Å². The van der Waals surface area contributed by atoms with Crippen molar-refractivity contribution >= 4 is 33.6 Å². The van der Waals surface area contributed by atoms with Crippen molar-refractivity contribution in [3.8, 4) is 6.07 Å². The standard InChI is InChI=1S/C25H20BrFN2O/c1-16-7-10-22(11-17(16)2)29-25(30)21(15-28)12-18-8-9-19(23(26)13-18)14-20-5-3-4-6-24(20)27/h3-13H,14H2,1-2H3,(H,29,30)/b21-12+. The van der Waals surface area contributed by atoms with E-state index in [1.54, 1.807) is 18.2 Å². The zero-order chi connectivity index (χ0) is 21.7. The molecule has 3 aromatic carbocycles. The number of hydrogen-bond acceptors (Lipinski definition) is 2. The van der Waals surface area contributed by atoms with Crippen molar-refractivity contribution in [3.63, 3.8) is 0 Å². The highest BCUT2D eigenvalue weighted by atomic mass is 79.9. The molecule has 1 amide bonds. The molecule has 0 aromatic heterocycles. The molecule has 0 aliphatic heterocycles. The number of hydrogen-bond donors (Lipinski definition) is 1. The summed E-state index contributed by atoms with van der Waals surface area (Å²) in [6, 6.07) is 19.7. The Hall–Kier alpha value is -3.23. The van der Waals surface area contributed by atoms with Gasteiger partial charge in [0.2, 0.25) is 0 Å². The highest BCUT2D eigenvalue weighted by Gasteiger charge is 2.11. The van der Waals surface area contributed by atoms with Crippen LogP contribution < -0.4 is 5.32 Å². The van der Waals surface area contributed by atoms with Crippen molar-refractivity contribution in [2.24, 2.45) is 0 Å². The van der Waals surface area contributed by atoms with Crippen LogP contribution in [0.2, 0.25) is 0 Å². The van der Waals surface area contributed by atoms with Gasteiger partial charge in [0.25, 0.3) is 5.91 Å². The second-order valence-electron chi connectivity index (χ2n) is 7.04. The molecule has 30 heavy (non-hydrogen) atoms. The smallest absolute Gasteiger partial charge is 0.266 e. The fourth-order valence-corrected chi connectivity index (χ4v) is 3.51. The zero-order valence-corrected chi connectivity index (χ0v) is 18.3. The van der Waals surface area contributed by atoms with E-state index < -0.39 is 5.91 Å². The second-order valence-corrected chi connectivity index (χ2v) is 7.90. The van der Waals surface area contributed by atoms with Gasteiger partial charge >= 0.3 is 0 Å². The average Bonchev–Trinajstić information content (AvgIpc) is 2.72. The first kappa shape index (κ1) is 21.5. The summed E-state index contributed by atoms with van der Waals surface area (Å²) in [5.74, 6) is -0.713. The molecular weight excluding hydrogens is 443 g/mol. The van der Waals surface area contributed by atoms with Crippen LogP contribution in [0.5, 0.6) is 0 Å². The fourth-order valence-electron chi connectivity index (χ4n) is 2.98. The molecule has 3 nitrogen and oxygen atoms in total. The number of nitriles is 1. The van der Waals surface area contributed by atoms with Gasteiger partial charge in [0, 0.05) is 16.6 Å². The van der Waals surface area contributed by atoms with E-state index in [4.69, 9.17) is 0 Å². The van der Waals surface area contributed by atoms with E-state index in [0.29, 0.717) is 23.2 Å². The molecule has 0 spiro atoms. The molecule has 0 unspecified atom stereocenters. The Balaban J connectivity index is 1.79. The largest absolute Gasteiger partial charge is 0.321 e. The molecule has 0 radical (unpaired) electrons. The Labute approximate surface area is 184 Å². The maximum absolute atomic E-state index is 13.9. The lowest BCUT2D eigenvalue weighted by Crippen LogP contribution is -2.13. The summed E-state index contributed by atoms with van der Waals surface area (Å²) in [7, 11) is 0. The maximum Gasteiger partial charge on any atom is 0.266 e. The number of amides is 1. The van der Waals surface area contributed by atoms with E-state index in [1.807, 2.05) is 56.3 Å². The van der Waals surface area contributed by atoms with E-state index in [1.165, 1.54) is 12.1 Å². The number of aryl methyl sites for hydroxylation is 2. The third kappa shape index (κ3) is 5.22. The molecular formula is C25H20BrFN2O. The van der Waals surface area contributed by atoms with Crippen LogP contribution >= 0.6 is 15.9 Å². The molecule has 5 heteroatoms. The molecule has 1 N–H and O–H groups in total. The van der Waals surface area contributed by atoms with Gasteiger partial charge in [-0.3, -0.25) is 4.79 Å². The lowest BCUT2D eigenvalue weighted by Gasteiger charge is -2.08. The molecule has 3 aromatic rings.